The summed E-state index contributed by atoms with van der Waals surface area (Å²) < 4.78 is 48.0. The van der Waals surface area contributed by atoms with Crippen molar-refractivity contribution < 1.29 is 75.3 Å². The van der Waals surface area contributed by atoms with E-state index in [2.05, 4.69) is 25.6 Å². The molecule has 20 nitrogen and oxygen atoms in total. The molecule has 1 aliphatic rings. The maximum absolute atomic E-state index is 14.6. The number of methoxy groups -OCH3 is 3. The Morgan fingerprint density at radius 2 is 1.49 bits per heavy atom. The van der Waals surface area contributed by atoms with Crippen LogP contribution in [0.15, 0.2) is 30.5 Å². The van der Waals surface area contributed by atoms with Gasteiger partial charge in [0.25, 0.3) is 5.91 Å². The number of carbonyl (C=O) groups excluding carboxylic acids is 1. The van der Waals surface area contributed by atoms with E-state index >= 15 is 0 Å². The van der Waals surface area contributed by atoms with E-state index in [0.717, 1.165) is 11.1 Å². The first kappa shape index (κ1) is 54.0. The molecular formula is C23H40FN6Na2O14P. The monoisotopic (exact) mass is 720 g/mol. The number of nitrogens with one attached hydrogen (secondary N) is 2. The zero-order valence-corrected chi connectivity index (χ0v) is 25.4. The van der Waals surface area contributed by atoms with Crippen LogP contribution in [0.5, 0.6) is 23.0 Å². The van der Waals surface area contributed by atoms with Crippen molar-refractivity contribution in [3.8, 4) is 23.0 Å². The molecule has 0 bridgehead atoms. The van der Waals surface area contributed by atoms with Crippen molar-refractivity contribution in [2.75, 3.05) is 43.1 Å². The van der Waals surface area contributed by atoms with Crippen molar-refractivity contribution in [3.05, 3.63) is 36.3 Å². The molecule has 0 saturated carbocycles. The third-order valence-electron chi connectivity index (χ3n) is 5.46. The summed E-state index contributed by atoms with van der Waals surface area (Å²) in [6.07, 6.45) is 0.0239. The Morgan fingerprint density at radius 1 is 0.936 bits per heavy atom. The van der Waals surface area contributed by atoms with Crippen molar-refractivity contribution >= 4 is 102 Å². The van der Waals surface area contributed by atoms with E-state index in [1.165, 1.54) is 47.3 Å². The van der Waals surface area contributed by atoms with Crippen LogP contribution in [0.1, 0.15) is 13.8 Å². The van der Waals surface area contributed by atoms with Crippen molar-refractivity contribution in [2.24, 2.45) is 0 Å². The fourth-order valence-corrected chi connectivity index (χ4v) is 4.38. The van der Waals surface area contributed by atoms with Crippen LogP contribution in [-0.4, -0.2) is 156 Å². The van der Waals surface area contributed by atoms with Gasteiger partial charge in [0, 0.05) is 17.8 Å². The van der Waals surface area contributed by atoms with Crippen LogP contribution in [0.3, 0.4) is 0 Å². The second-order valence-electron chi connectivity index (χ2n) is 8.72. The number of benzene rings is 1. The standard InChI is InChI=1S/C23H26FN6O8P.2Na.6H2O.2H/c1-23(2)21(31)30(11-39(32,33)34)20-14(38-23)6-7-17(28-20)27-19-13(24)10-25-22(29-19)26-12-8-15(35-3)18(37-5)16(9-12)36-4;;;;;;;;;;/h6-10H,11H2,1-5H3,(H2,32,33,34)(H2,25,26,27,28,29);;;6*1H2;;. The summed E-state index contributed by atoms with van der Waals surface area (Å²) in [4.78, 5) is 45.0. The van der Waals surface area contributed by atoms with Crippen LogP contribution in [0, 0.1) is 5.82 Å². The van der Waals surface area contributed by atoms with Gasteiger partial charge >= 0.3 is 66.7 Å². The average molecular weight is 721 g/mol. The molecule has 1 aliphatic heterocycles. The number of ether oxygens (including phenoxy) is 4. The molecule has 0 saturated heterocycles. The van der Waals surface area contributed by atoms with E-state index in [4.69, 9.17) is 18.9 Å². The zero-order valence-electron chi connectivity index (χ0n) is 24.6. The molecule has 3 heterocycles. The van der Waals surface area contributed by atoms with Crippen molar-refractivity contribution in [3.63, 3.8) is 0 Å². The number of amides is 1. The SMILES string of the molecule is COc1cc(Nc2ncc(F)c(Nc3ccc4c(n3)N(CP(=O)(O)O)C(=O)C(C)(C)O4)n2)cc(OC)c1OC.O.O.O.O.O.O.[NaH].[NaH]. The van der Waals surface area contributed by atoms with Crippen molar-refractivity contribution in [1.29, 1.82) is 0 Å². The summed E-state index contributed by atoms with van der Waals surface area (Å²) in [5.41, 5.74) is -0.925. The van der Waals surface area contributed by atoms with E-state index in [-0.39, 0.29) is 121 Å². The molecule has 0 spiro atoms. The van der Waals surface area contributed by atoms with Gasteiger partial charge in [-0.05, 0) is 26.0 Å². The van der Waals surface area contributed by atoms with Gasteiger partial charge in [0.1, 0.15) is 12.1 Å². The number of halogens is 1. The zero-order chi connectivity index (χ0) is 28.5. The predicted octanol–water partition coefficient (Wildman–Crippen LogP) is -3.08. The van der Waals surface area contributed by atoms with Gasteiger partial charge in [-0.3, -0.25) is 14.3 Å². The van der Waals surface area contributed by atoms with E-state index in [9.17, 15) is 23.5 Å². The number of anilines is 5. The van der Waals surface area contributed by atoms with E-state index in [0.29, 0.717) is 22.9 Å². The summed E-state index contributed by atoms with van der Waals surface area (Å²) in [5, 5.41) is 5.63. The quantitative estimate of drug-likeness (QED) is 0.126. The Hall–Kier alpha value is -2.44. The Morgan fingerprint density at radius 3 is 1.98 bits per heavy atom. The normalized spacial score (nSPS) is 11.8. The summed E-state index contributed by atoms with van der Waals surface area (Å²) in [6.45, 7) is 2.94. The van der Waals surface area contributed by atoms with Crippen LogP contribution in [-0.2, 0) is 9.36 Å². The van der Waals surface area contributed by atoms with Gasteiger partial charge in [-0.25, -0.2) is 14.4 Å². The number of carbonyl (C=O) groups is 1. The number of hydrogen-bond acceptors (Lipinski definition) is 11. The van der Waals surface area contributed by atoms with Crippen LogP contribution in [0.4, 0.5) is 33.5 Å². The summed E-state index contributed by atoms with van der Waals surface area (Å²) in [7, 11) is -0.262. The number of nitrogens with zero attached hydrogens (tertiary/aromatic N) is 4. The fourth-order valence-electron chi connectivity index (χ4n) is 3.75. The average Bonchev–Trinajstić information content (AvgIpc) is 2.87. The first-order valence-corrected chi connectivity index (χ1v) is 13.1. The molecule has 1 aromatic carbocycles. The second kappa shape index (κ2) is 21.5. The molecule has 47 heavy (non-hydrogen) atoms. The second-order valence-corrected chi connectivity index (χ2v) is 10.3. The van der Waals surface area contributed by atoms with Crippen molar-refractivity contribution in [1.82, 2.24) is 15.0 Å². The van der Waals surface area contributed by atoms with Gasteiger partial charge < -0.3 is 72.2 Å². The van der Waals surface area contributed by atoms with Crippen LogP contribution < -0.4 is 34.5 Å². The van der Waals surface area contributed by atoms with Gasteiger partial charge in [-0.1, -0.05) is 0 Å². The Bertz CT molecular complexity index is 1470. The molecule has 24 heteroatoms. The minimum atomic E-state index is -4.66. The Kier molecular flexibility index (Phi) is 24.7. The van der Waals surface area contributed by atoms with Crippen molar-refractivity contribution in [2.45, 2.75) is 19.4 Å². The van der Waals surface area contributed by atoms with Gasteiger partial charge in [0.2, 0.25) is 11.7 Å². The molecule has 16 N–H and O–H groups in total. The Balaban J connectivity index is -0.000000735. The molecule has 0 atom stereocenters. The number of hydrogen-bond donors (Lipinski definition) is 4. The Labute approximate surface area is 312 Å². The van der Waals surface area contributed by atoms with Gasteiger partial charge in [-0.2, -0.15) is 4.98 Å². The topological polar surface area (TPSA) is 366 Å². The van der Waals surface area contributed by atoms with Crippen LogP contribution in [0.25, 0.3) is 0 Å². The van der Waals surface area contributed by atoms with Crippen LogP contribution in [0.2, 0.25) is 0 Å². The molecule has 2 aromatic heterocycles. The summed E-state index contributed by atoms with van der Waals surface area (Å²) in [6, 6.07) is 6.11. The molecule has 1 amide bonds. The van der Waals surface area contributed by atoms with Gasteiger partial charge in [0.15, 0.2) is 40.3 Å². The molecule has 4 rings (SSSR count). The third-order valence-corrected chi connectivity index (χ3v) is 6.11. The summed E-state index contributed by atoms with van der Waals surface area (Å²) >= 11 is 0. The minimum absolute atomic E-state index is 0. The van der Waals surface area contributed by atoms with E-state index in [1.54, 1.807) is 12.1 Å². The number of fused-ring (bicyclic) bond motifs is 1. The number of pyridine rings is 1. The predicted molar refractivity (Wildman–Crippen MR) is 174 cm³/mol. The molecule has 3 aromatic rings. The van der Waals surface area contributed by atoms with Gasteiger partial charge in [-0.15, -0.1) is 0 Å². The first-order valence-electron chi connectivity index (χ1n) is 11.3. The first-order chi connectivity index (χ1) is 18.3. The molecule has 0 unspecified atom stereocenters. The molecule has 0 radical (unpaired) electrons. The van der Waals surface area contributed by atoms with Crippen LogP contribution >= 0.6 is 7.60 Å². The third kappa shape index (κ3) is 12.5. The fraction of sp³-hybridized carbons (Fsp3) is 0.304. The van der Waals surface area contributed by atoms with E-state index in [1.807, 2.05) is 0 Å². The van der Waals surface area contributed by atoms with E-state index < -0.39 is 31.2 Å². The van der Waals surface area contributed by atoms with Gasteiger partial charge in [0.05, 0.1) is 27.5 Å². The molecule has 260 valence electrons. The number of aromatic nitrogens is 3. The molecule has 0 fully saturated rings. The molecular weight excluding hydrogens is 680 g/mol. The maximum atomic E-state index is 14.6. The molecule has 0 aliphatic carbocycles. The number of rotatable bonds is 9. The summed E-state index contributed by atoms with van der Waals surface area (Å²) in [5.74, 6) is -0.646.